The second-order valence-corrected chi connectivity index (χ2v) is 3.63. The van der Waals surface area contributed by atoms with Gasteiger partial charge in [-0.05, 0) is 19.1 Å². The Balaban J connectivity index is 2.47. The van der Waals surface area contributed by atoms with Gasteiger partial charge in [0.1, 0.15) is 5.82 Å². The van der Waals surface area contributed by atoms with E-state index in [9.17, 15) is 4.79 Å². The van der Waals surface area contributed by atoms with E-state index in [1.54, 1.807) is 26.3 Å². The first-order chi connectivity index (χ1) is 8.13. The zero-order valence-electron chi connectivity index (χ0n) is 10.1. The minimum Gasteiger partial charge on any atom is -0.383 e. The molecule has 0 aliphatic rings. The van der Waals surface area contributed by atoms with Gasteiger partial charge in [-0.25, -0.2) is 4.98 Å². The van der Waals surface area contributed by atoms with Gasteiger partial charge in [-0.3, -0.25) is 4.79 Å². The molecule has 0 aliphatic heterocycles. The number of carbonyl (C=O) groups excluding carboxylic acids is 1. The summed E-state index contributed by atoms with van der Waals surface area (Å²) in [5.74, 6) is 0.238. The van der Waals surface area contributed by atoms with Crippen molar-refractivity contribution in [3.63, 3.8) is 0 Å². The Morgan fingerprint density at radius 3 is 2.88 bits per heavy atom. The number of hydrogen-bond acceptors (Lipinski definition) is 5. The normalized spacial score (nSPS) is 11.9. The molecule has 0 spiro atoms. The van der Waals surface area contributed by atoms with Crippen LogP contribution in [0.1, 0.15) is 6.92 Å². The fraction of sp³-hybridized carbons (Fsp3) is 0.455. The van der Waals surface area contributed by atoms with Gasteiger partial charge in [-0.15, -0.1) is 0 Å². The molecule has 1 aromatic heterocycles. The molecule has 17 heavy (non-hydrogen) atoms. The third-order valence-corrected chi connectivity index (χ3v) is 2.06. The number of anilines is 2. The lowest BCUT2D eigenvalue weighted by molar-refractivity contribution is -0.117. The average Bonchev–Trinajstić information content (AvgIpc) is 2.31. The number of methoxy groups -OCH3 is 1. The van der Waals surface area contributed by atoms with Crippen LogP contribution in [-0.4, -0.2) is 37.2 Å². The molecular formula is C11H18N4O2. The van der Waals surface area contributed by atoms with Crippen molar-refractivity contribution in [2.75, 3.05) is 30.9 Å². The van der Waals surface area contributed by atoms with Crippen LogP contribution in [0.2, 0.25) is 0 Å². The van der Waals surface area contributed by atoms with E-state index in [-0.39, 0.29) is 5.91 Å². The molecule has 0 saturated carbocycles. The van der Waals surface area contributed by atoms with Crippen LogP contribution in [0.3, 0.4) is 0 Å². The van der Waals surface area contributed by atoms with Crippen molar-refractivity contribution in [1.29, 1.82) is 0 Å². The van der Waals surface area contributed by atoms with Crippen LogP contribution in [0.4, 0.5) is 11.5 Å². The Morgan fingerprint density at radius 2 is 2.35 bits per heavy atom. The molecule has 0 aromatic carbocycles. The molecule has 0 fully saturated rings. The number of nitrogens with zero attached hydrogens (tertiary/aromatic N) is 1. The lowest BCUT2D eigenvalue weighted by atomic mass is 10.3. The zero-order valence-corrected chi connectivity index (χ0v) is 10.1. The minimum absolute atomic E-state index is 0.252. The van der Waals surface area contributed by atoms with Crippen LogP contribution < -0.4 is 16.4 Å². The predicted octanol–water partition coefficient (Wildman–Crippen LogP) is 0.426. The number of rotatable bonds is 6. The van der Waals surface area contributed by atoms with E-state index in [1.165, 1.54) is 0 Å². The number of hydrogen-bond donors (Lipinski definition) is 3. The molecule has 1 aromatic rings. The molecule has 4 N–H and O–H groups in total. The van der Waals surface area contributed by atoms with E-state index >= 15 is 0 Å². The molecule has 1 heterocycles. The van der Waals surface area contributed by atoms with Gasteiger partial charge in [0.05, 0.1) is 24.5 Å². The van der Waals surface area contributed by atoms with Gasteiger partial charge in [-0.1, -0.05) is 0 Å². The van der Waals surface area contributed by atoms with Gasteiger partial charge in [0.25, 0.3) is 0 Å². The topological polar surface area (TPSA) is 89.3 Å². The Bertz CT molecular complexity index is 351. The minimum atomic E-state index is -0.545. The Hall–Kier alpha value is -1.66. The molecule has 94 valence electrons. The average molecular weight is 238 g/mol. The van der Waals surface area contributed by atoms with Crippen LogP contribution in [0.25, 0.3) is 0 Å². The molecule has 0 bridgehead atoms. The van der Waals surface area contributed by atoms with Crippen LogP contribution in [0.15, 0.2) is 18.3 Å². The van der Waals surface area contributed by atoms with Crippen LogP contribution in [0.5, 0.6) is 0 Å². The number of aromatic nitrogens is 1. The molecule has 0 saturated heterocycles. The maximum atomic E-state index is 11.3. The lowest BCUT2D eigenvalue weighted by Gasteiger charge is -2.08. The molecule has 0 radical (unpaired) electrons. The number of amides is 1. The third-order valence-electron chi connectivity index (χ3n) is 2.06. The van der Waals surface area contributed by atoms with Crippen LogP contribution in [0, 0.1) is 0 Å². The Labute approximate surface area is 101 Å². The molecule has 0 aliphatic carbocycles. The highest BCUT2D eigenvalue weighted by Crippen LogP contribution is 2.09. The van der Waals surface area contributed by atoms with E-state index in [2.05, 4.69) is 15.6 Å². The van der Waals surface area contributed by atoms with Crippen molar-refractivity contribution in [2.24, 2.45) is 5.73 Å². The molecule has 6 nitrogen and oxygen atoms in total. The van der Waals surface area contributed by atoms with E-state index < -0.39 is 6.04 Å². The standard InChI is InChI=1S/C11H18N4O2/c1-8(12)11(16)15-10-4-3-9(7-14-10)13-5-6-17-2/h3-4,7-8,13H,5-6,12H2,1-2H3,(H,14,15,16). The number of pyridine rings is 1. The van der Waals surface area contributed by atoms with Crippen LogP contribution in [-0.2, 0) is 9.53 Å². The first kappa shape index (κ1) is 13.4. The summed E-state index contributed by atoms with van der Waals surface area (Å²) in [5, 5.41) is 5.73. The summed E-state index contributed by atoms with van der Waals surface area (Å²) in [6.07, 6.45) is 1.65. The van der Waals surface area contributed by atoms with E-state index in [0.29, 0.717) is 19.0 Å². The highest BCUT2D eigenvalue weighted by atomic mass is 16.5. The second-order valence-electron chi connectivity index (χ2n) is 3.63. The highest BCUT2D eigenvalue weighted by Gasteiger charge is 2.07. The van der Waals surface area contributed by atoms with E-state index in [1.807, 2.05) is 6.07 Å². The van der Waals surface area contributed by atoms with Crippen molar-refractivity contribution in [3.8, 4) is 0 Å². The predicted molar refractivity (Wildman–Crippen MR) is 66.9 cm³/mol. The molecule has 1 unspecified atom stereocenters. The monoisotopic (exact) mass is 238 g/mol. The molecular weight excluding hydrogens is 220 g/mol. The smallest absolute Gasteiger partial charge is 0.242 e. The van der Waals surface area contributed by atoms with Gasteiger partial charge >= 0.3 is 0 Å². The summed E-state index contributed by atoms with van der Waals surface area (Å²) in [7, 11) is 1.65. The summed E-state index contributed by atoms with van der Waals surface area (Å²) in [4.78, 5) is 15.4. The fourth-order valence-electron chi connectivity index (χ4n) is 1.11. The summed E-state index contributed by atoms with van der Waals surface area (Å²) in [6, 6.07) is 3.01. The number of nitrogens with one attached hydrogen (secondary N) is 2. The molecule has 6 heteroatoms. The van der Waals surface area contributed by atoms with E-state index in [0.717, 1.165) is 5.69 Å². The summed E-state index contributed by atoms with van der Waals surface area (Å²) < 4.78 is 4.91. The first-order valence-corrected chi connectivity index (χ1v) is 5.39. The molecule has 1 amide bonds. The zero-order chi connectivity index (χ0) is 12.7. The fourth-order valence-corrected chi connectivity index (χ4v) is 1.11. The summed E-state index contributed by atoms with van der Waals surface area (Å²) in [5.41, 5.74) is 6.30. The Morgan fingerprint density at radius 1 is 1.59 bits per heavy atom. The number of nitrogens with two attached hydrogens (primary N) is 1. The van der Waals surface area contributed by atoms with Gasteiger partial charge in [0.2, 0.25) is 5.91 Å². The summed E-state index contributed by atoms with van der Waals surface area (Å²) >= 11 is 0. The van der Waals surface area contributed by atoms with Crippen molar-refractivity contribution in [3.05, 3.63) is 18.3 Å². The molecule has 1 atom stereocenters. The Kier molecular flexibility index (Phi) is 5.38. The summed E-state index contributed by atoms with van der Waals surface area (Å²) in [6.45, 7) is 2.96. The van der Waals surface area contributed by atoms with Gasteiger partial charge in [-0.2, -0.15) is 0 Å². The quantitative estimate of drug-likeness (QED) is 0.625. The van der Waals surface area contributed by atoms with E-state index in [4.69, 9.17) is 10.5 Å². The van der Waals surface area contributed by atoms with Crippen molar-refractivity contribution >= 4 is 17.4 Å². The largest absolute Gasteiger partial charge is 0.383 e. The third kappa shape index (κ3) is 4.80. The van der Waals surface area contributed by atoms with Gasteiger partial charge < -0.3 is 21.1 Å². The van der Waals surface area contributed by atoms with Crippen molar-refractivity contribution in [2.45, 2.75) is 13.0 Å². The van der Waals surface area contributed by atoms with Crippen LogP contribution >= 0.6 is 0 Å². The maximum Gasteiger partial charge on any atom is 0.242 e. The highest BCUT2D eigenvalue weighted by molar-refractivity contribution is 5.93. The van der Waals surface area contributed by atoms with Crippen molar-refractivity contribution < 1.29 is 9.53 Å². The first-order valence-electron chi connectivity index (χ1n) is 5.39. The second kappa shape index (κ2) is 6.82. The maximum absolute atomic E-state index is 11.3. The number of carbonyl (C=O) groups is 1. The van der Waals surface area contributed by atoms with Crippen molar-refractivity contribution in [1.82, 2.24) is 4.98 Å². The lowest BCUT2D eigenvalue weighted by Crippen LogP contribution is -2.32. The van der Waals surface area contributed by atoms with Gasteiger partial charge in [0, 0.05) is 13.7 Å². The molecule has 1 rings (SSSR count). The SMILES string of the molecule is COCCNc1ccc(NC(=O)C(C)N)nc1. The van der Waals surface area contributed by atoms with Gasteiger partial charge in [0.15, 0.2) is 0 Å². The number of ether oxygens (including phenoxy) is 1.